The van der Waals surface area contributed by atoms with Gasteiger partial charge in [0.2, 0.25) is 0 Å². The lowest BCUT2D eigenvalue weighted by molar-refractivity contribution is -0.138. The summed E-state index contributed by atoms with van der Waals surface area (Å²) in [5.74, 6) is 1.07. The van der Waals surface area contributed by atoms with Crippen molar-refractivity contribution in [3.05, 3.63) is 52.8 Å². The Morgan fingerprint density at radius 3 is 2.42 bits per heavy atom. The van der Waals surface area contributed by atoms with Crippen LogP contribution in [0.2, 0.25) is 0 Å². The third-order valence-electron chi connectivity index (χ3n) is 6.42. The first-order chi connectivity index (χ1) is 15.5. The lowest BCUT2D eigenvalue weighted by Crippen LogP contribution is -2.16. The highest BCUT2D eigenvalue weighted by molar-refractivity contribution is 7.72. The molecule has 1 fully saturated rings. The summed E-state index contributed by atoms with van der Waals surface area (Å²) in [6, 6.07) is 7.58. The molecule has 0 bridgehead atoms. The van der Waals surface area contributed by atoms with Crippen LogP contribution in [0.3, 0.4) is 0 Å². The number of rotatable bonds is 5. The number of fused-ring (bicyclic) bond motifs is 1. The SMILES string of the molecule is CNc1cc2nc(C)nc(N[C@H](C)c3cccc(C(F)(F)F)c3C)c2cc1P1(=O)CCCC1. The monoisotopic (exact) mass is 476 g/mol. The van der Waals surface area contributed by atoms with Crippen LogP contribution in [0, 0.1) is 13.8 Å². The van der Waals surface area contributed by atoms with Gasteiger partial charge in [0.15, 0.2) is 0 Å². The molecule has 0 unspecified atom stereocenters. The third-order valence-corrected chi connectivity index (χ3v) is 9.75. The maximum Gasteiger partial charge on any atom is 0.416 e. The van der Waals surface area contributed by atoms with E-state index in [4.69, 9.17) is 0 Å². The van der Waals surface area contributed by atoms with E-state index in [2.05, 4.69) is 20.6 Å². The molecule has 1 aliphatic heterocycles. The van der Waals surface area contributed by atoms with E-state index < -0.39 is 24.9 Å². The zero-order valence-corrected chi connectivity index (χ0v) is 20.1. The number of nitrogens with zero attached hydrogens (tertiary/aromatic N) is 2. The molecule has 1 aliphatic rings. The minimum atomic E-state index is -4.41. The molecule has 4 rings (SSSR count). The first kappa shape index (κ1) is 23.6. The molecule has 0 saturated carbocycles. The molecule has 5 nitrogen and oxygen atoms in total. The van der Waals surface area contributed by atoms with E-state index in [1.54, 1.807) is 20.0 Å². The van der Waals surface area contributed by atoms with Gasteiger partial charge in [0, 0.05) is 35.7 Å². The van der Waals surface area contributed by atoms with Gasteiger partial charge in [-0.2, -0.15) is 13.2 Å². The highest BCUT2D eigenvalue weighted by Crippen LogP contribution is 2.53. The van der Waals surface area contributed by atoms with Gasteiger partial charge in [-0.3, -0.25) is 0 Å². The fraction of sp³-hybridized carbons (Fsp3) is 0.417. The van der Waals surface area contributed by atoms with Crippen LogP contribution in [0.4, 0.5) is 24.7 Å². The number of nitrogens with one attached hydrogen (secondary N) is 2. The maximum atomic E-state index is 13.6. The first-order valence-corrected chi connectivity index (χ1v) is 13.1. The number of benzene rings is 2. The normalized spacial score (nSPS) is 16.7. The Balaban J connectivity index is 1.81. The Bertz CT molecular complexity index is 1250. The average molecular weight is 476 g/mol. The van der Waals surface area contributed by atoms with Crippen molar-refractivity contribution in [1.82, 2.24) is 9.97 Å². The molecule has 0 spiro atoms. The van der Waals surface area contributed by atoms with Gasteiger partial charge < -0.3 is 15.2 Å². The quantitative estimate of drug-likeness (QED) is 0.426. The summed E-state index contributed by atoms with van der Waals surface area (Å²) in [6.45, 7) is 5.08. The van der Waals surface area contributed by atoms with E-state index in [1.807, 2.05) is 19.1 Å². The zero-order chi connectivity index (χ0) is 24.0. The van der Waals surface area contributed by atoms with Crippen LogP contribution < -0.4 is 15.9 Å². The van der Waals surface area contributed by atoms with Crippen molar-refractivity contribution in [3.63, 3.8) is 0 Å². The van der Waals surface area contributed by atoms with Crippen molar-refractivity contribution in [3.8, 4) is 0 Å². The largest absolute Gasteiger partial charge is 0.416 e. The fourth-order valence-electron chi connectivity index (χ4n) is 4.73. The molecule has 2 aromatic carbocycles. The second-order valence-electron chi connectivity index (χ2n) is 8.68. The highest BCUT2D eigenvalue weighted by atomic mass is 31.2. The molecule has 0 radical (unpaired) electrons. The van der Waals surface area contributed by atoms with Gasteiger partial charge in [0.1, 0.15) is 18.8 Å². The van der Waals surface area contributed by atoms with E-state index in [0.29, 0.717) is 40.4 Å². The Morgan fingerprint density at radius 2 is 1.79 bits per heavy atom. The van der Waals surface area contributed by atoms with Gasteiger partial charge in [0.25, 0.3) is 0 Å². The Kier molecular flexibility index (Phi) is 6.16. The van der Waals surface area contributed by atoms with Gasteiger partial charge in [0.05, 0.1) is 17.1 Å². The van der Waals surface area contributed by atoms with Crippen LogP contribution in [0.25, 0.3) is 10.9 Å². The van der Waals surface area contributed by atoms with E-state index in [1.165, 1.54) is 13.0 Å². The Morgan fingerprint density at radius 1 is 1.09 bits per heavy atom. The number of hydrogen-bond acceptors (Lipinski definition) is 5. The molecule has 2 N–H and O–H groups in total. The molecule has 1 atom stereocenters. The number of alkyl halides is 3. The molecule has 9 heteroatoms. The topological polar surface area (TPSA) is 66.9 Å². The summed E-state index contributed by atoms with van der Waals surface area (Å²) < 4.78 is 53.8. The lowest BCUT2D eigenvalue weighted by atomic mass is 9.97. The summed E-state index contributed by atoms with van der Waals surface area (Å²) in [7, 11) is -0.705. The van der Waals surface area contributed by atoms with Gasteiger partial charge in [-0.15, -0.1) is 0 Å². The molecule has 0 aliphatic carbocycles. The lowest BCUT2D eigenvalue weighted by Gasteiger charge is -2.22. The van der Waals surface area contributed by atoms with Crippen LogP contribution in [0.1, 0.15) is 48.3 Å². The van der Waals surface area contributed by atoms with Crippen LogP contribution in [-0.2, 0) is 10.7 Å². The van der Waals surface area contributed by atoms with Crippen molar-refractivity contribution in [2.24, 2.45) is 0 Å². The highest BCUT2D eigenvalue weighted by Gasteiger charge is 2.34. The van der Waals surface area contributed by atoms with E-state index >= 15 is 0 Å². The summed E-state index contributed by atoms with van der Waals surface area (Å²) in [6.07, 6.45) is -1.16. The molecule has 1 saturated heterocycles. The Hall–Kier alpha value is -2.60. The Labute approximate surface area is 191 Å². The van der Waals surface area contributed by atoms with Crippen molar-refractivity contribution < 1.29 is 17.7 Å². The predicted molar refractivity (Wildman–Crippen MR) is 128 cm³/mol. The summed E-state index contributed by atoms with van der Waals surface area (Å²) >= 11 is 0. The summed E-state index contributed by atoms with van der Waals surface area (Å²) in [5.41, 5.74) is 1.59. The molecule has 0 amide bonds. The van der Waals surface area contributed by atoms with Crippen LogP contribution in [-0.4, -0.2) is 29.3 Å². The minimum Gasteiger partial charge on any atom is -0.387 e. The first-order valence-electron chi connectivity index (χ1n) is 11.1. The minimum absolute atomic E-state index is 0.189. The number of halogens is 3. The number of hydrogen-bond donors (Lipinski definition) is 2. The molecular formula is C24H28F3N4OP. The predicted octanol–water partition coefficient (Wildman–Crippen LogP) is 6.26. The zero-order valence-electron chi connectivity index (χ0n) is 19.2. The molecule has 3 aromatic rings. The molecule has 1 aromatic heterocycles. The van der Waals surface area contributed by atoms with Crippen molar-refractivity contribution in [2.75, 3.05) is 30.0 Å². The van der Waals surface area contributed by atoms with Gasteiger partial charge in [-0.05, 0) is 62.9 Å². The number of aryl methyl sites for hydroxylation is 1. The van der Waals surface area contributed by atoms with Crippen molar-refractivity contribution >= 4 is 34.9 Å². The smallest absolute Gasteiger partial charge is 0.387 e. The van der Waals surface area contributed by atoms with Crippen LogP contribution in [0.15, 0.2) is 30.3 Å². The van der Waals surface area contributed by atoms with E-state index in [0.717, 1.165) is 29.9 Å². The van der Waals surface area contributed by atoms with Crippen molar-refractivity contribution in [1.29, 1.82) is 0 Å². The third kappa shape index (κ3) is 4.45. The summed E-state index contributed by atoms with van der Waals surface area (Å²) in [4.78, 5) is 9.11. The number of anilines is 2. The second kappa shape index (κ2) is 8.64. The summed E-state index contributed by atoms with van der Waals surface area (Å²) in [5, 5.41) is 7.98. The van der Waals surface area contributed by atoms with Gasteiger partial charge >= 0.3 is 6.18 Å². The standard InChI is InChI=1S/C24H28F3N4OP/c1-14-17(8-7-9-19(14)24(25,26)27)15(2)29-23-18-12-22(33(32)10-5-6-11-33)21(28-4)13-20(18)30-16(3)31-23/h7-9,12-13,15,28H,5-6,10-11H2,1-4H3,(H,29,30,31)/t15-/m1/s1. The van der Waals surface area contributed by atoms with E-state index in [-0.39, 0.29) is 5.56 Å². The fourth-order valence-corrected chi connectivity index (χ4v) is 7.88. The van der Waals surface area contributed by atoms with Gasteiger partial charge in [-0.1, -0.05) is 12.1 Å². The van der Waals surface area contributed by atoms with E-state index in [9.17, 15) is 17.7 Å². The number of aromatic nitrogens is 2. The van der Waals surface area contributed by atoms with Crippen molar-refractivity contribution in [2.45, 2.75) is 45.8 Å². The molecule has 176 valence electrons. The van der Waals surface area contributed by atoms with Crippen LogP contribution >= 0.6 is 7.14 Å². The molecule has 33 heavy (non-hydrogen) atoms. The molecule has 2 heterocycles. The second-order valence-corrected chi connectivity index (χ2v) is 11.8. The van der Waals surface area contributed by atoms with Gasteiger partial charge in [-0.25, -0.2) is 9.97 Å². The average Bonchev–Trinajstić information content (AvgIpc) is 3.19. The maximum absolute atomic E-state index is 13.6. The van der Waals surface area contributed by atoms with Crippen LogP contribution in [0.5, 0.6) is 0 Å². The molecular weight excluding hydrogens is 448 g/mol.